The van der Waals surface area contributed by atoms with Crippen LogP contribution in [0.4, 0.5) is 0 Å². The topological polar surface area (TPSA) is 65.0 Å². The van der Waals surface area contributed by atoms with E-state index >= 15 is 0 Å². The molecule has 1 aliphatic carbocycles. The van der Waals surface area contributed by atoms with Crippen molar-refractivity contribution in [3.8, 4) is 23.0 Å². The van der Waals surface area contributed by atoms with Crippen molar-refractivity contribution in [2.24, 2.45) is 0 Å². The molecule has 0 unspecified atom stereocenters. The van der Waals surface area contributed by atoms with Crippen LogP contribution in [0.15, 0.2) is 39.4 Å². The van der Waals surface area contributed by atoms with E-state index < -0.39 is 0 Å². The molecule has 3 aromatic rings. The maximum atomic E-state index is 5.43. The molecular weight excluding hydrogens is 290 g/mol. The highest BCUT2D eigenvalue weighted by atomic mass is 16.5. The molecule has 0 amide bonds. The van der Waals surface area contributed by atoms with Crippen molar-refractivity contribution in [3.63, 3.8) is 0 Å². The van der Waals surface area contributed by atoms with E-state index in [1.165, 1.54) is 37.7 Å². The van der Waals surface area contributed by atoms with Crippen molar-refractivity contribution in [2.45, 2.75) is 44.9 Å². The second kappa shape index (κ2) is 5.99. The molecule has 5 heteroatoms. The first kappa shape index (κ1) is 14.2. The SMILES string of the molecule is Cc1ccc(-c2noc(-c3cc(C4CCCCC4)no3)n2)cc1. The molecule has 1 fully saturated rings. The van der Waals surface area contributed by atoms with Crippen LogP contribution in [-0.4, -0.2) is 15.3 Å². The van der Waals surface area contributed by atoms with Crippen LogP contribution in [0.1, 0.15) is 49.3 Å². The number of benzene rings is 1. The Bertz CT molecular complexity index is 783. The number of aromatic nitrogens is 3. The van der Waals surface area contributed by atoms with Gasteiger partial charge in [0.2, 0.25) is 11.6 Å². The van der Waals surface area contributed by atoms with Gasteiger partial charge in [-0.05, 0) is 19.8 Å². The molecular formula is C18H19N3O2. The van der Waals surface area contributed by atoms with Crippen molar-refractivity contribution in [1.29, 1.82) is 0 Å². The van der Waals surface area contributed by atoms with E-state index in [-0.39, 0.29) is 0 Å². The summed E-state index contributed by atoms with van der Waals surface area (Å²) >= 11 is 0. The maximum absolute atomic E-state index is 5.43. The molecule has 118 valence electrons. The Morgan fingerprint density at radius 1 is 0.957 bits per heavy atom. The van der Waals surface area contributed by atoms with Gasteiger partial charge in [-0.15, -0.1) is 0 Å². The number of aryl methyl sites for hydroxylation is 1. The lowest BCUT2D eigenvalue weighted by Crippen LogP contribution is -2.04. The molecule has 2 aromatic heterocycles. The van der Waals surface area contributed by atoms with Gasteiger partial charge in [0.25, 0.3) is 5.89 Å². The predicted octanol–water partition coefficient (Wildman–Crippen LogP) is 4.75. The monoisotopic (exact) mass is 309 g/mol. The third-order valence-electron chi connectivity index (χ3n) is 4.50. The largest absolute Gasteiger partial charge is 0.351 e. The second-order valence-electron chi connectivity index (χ2n) is 6.24. The molecule has 0 N–H and O–H groups in total. The molecule has 0 spiro atoms. The van der Waals surface area contributed by atoms with Gasteiger partial charge in [-0.2, -0.15) is 4.98 Å². The van der Waals surface area contributed by atoms with E-state index in [9.17, 15) is 0 Å². The molecule has 0 bridgehead atoms. The summed E-state index contributed by atoms with van der Waals surface area (Å²) < 4.78 is 10.8. The summed E-state index contributed by atoms with van der Waals surface area (Å²) in [5.41, 5.74) is 3.14. The van der Waals surface area contributed by atoms with E-state index in [1.54, 1.807) is 0 Å². The number of hydrogen-bond donors (Lipinski definition) is 0. The van der Waals surface area contributed by atoms with Crippen LogP contribution in [-0.2, 0) is 0 Å². The van der Waals surface area contributed by atoms with Crippen molar-refractivity contribution >= 4 is 0 Å². The zero-order valence-corrected chi connectivity index (χ0v) is 13.2. The molecule has 2 heterocycles. The van der Waals surface area contributed by atoms with Crippen molar-refractivity contribution < 1.29 is 9.05 Å². The van der Waals surface area contributed by atoms with Gasteiger partial charge in [-0.25, -0.2) is 0 Å². The highest BCUT2D eigenvalue weighted by Crippen LogP contribution is 2.33. The molecule has 1 aromatic carbocycles. The molecule has 1 saturated carbocycles. The average Bonchev–Trinajstić information content (AvgIpc) is 3.26. The van der Waals surface area contributed by atoms with E-state index in [0.29, 0.717) is 23.4 Å². The minimum atomic E-state index is 0.384. The van der Waals surface area contributed by atoms with Crippen molar-refractivity contribution in [2.75, 3.05) is 0 Å². The Balaban J connectivity index is 1.57. The molecule has 0 aliphatic heterocycles. The van der Waals surface area contributed by atoms with Crippen molar-refractivity contribution in [3.05, 3.63) is 41.6 Å². The van der Waals surface area contributed by atoms with Crippen LogP contribution < -0.4 is 0 Å². The van der Waals surface area contributed by atoms with Gasteiger partial charge in [0.15, 0.2) is 0 Å². The zero-order chi connectivity index (χ0) is 15.6. The first-order chi connectivity index (χ1) is 11.3. The minimum Gasteiger partial charge on any atom is -0.351 e. The Morgan fingerprint density at radius 2 is 1.74 bits per heavy atom. The van der Waals surface area contributed by atoms with Gasteiger partial charge < -0.3 is 9.05 Å². The lowest BCUT2D eigenvalue weighted by atomic mass is 9.87. The van der Waals surface area contributed by atoms with Crippen molar-refractivity contribution in [1.82, 2.24) is 15.3 Å². The highest BCUT2D eigenvalue weighted by molar-refractivity contribution is 5.57. The standard InChI is InChI=1S/C18H19N3O2/c1-12-7-9-14(10-8-12)17-19-18(23-21-17)16-11-15(20-22-16)13-5-3-2-4-6-13/h7-11,13H,2-6H2,1H3. The third-order valence-corrected chi connectivity index (χ3v) is 4.50. The lowest BCUT2D eigenvalue weighted by molar-refractivity contribution is 0.367. The fourth-order valence-electron chi connectivity index (χ4n) is 3.12. The normalized spacial score (nSPS) is 15.9. The Hall–Kier alpha value is -2.43. The average molecular weight is 309 g/mol. The van der Waals surface area contributed by atoms with Crippen LogP contribution in [0.25, 0.3) is 23.0 Å². The molecule has 23 heavy (non-hydrogen) atoms. The molecule has 5 nitrogen and oxygen atoms in total. The van der Waals surface area contributed by atoms with Crippen LogP contribution in [0, 0.1) is 6.92 Å². The summed E-state index contributed by atoms with van der Waals surface area (Å²) in [4.78, 5) is 4.43. The Labute approximate surface area is 134 Å². The molecule has 4 rings (SSSR count). The Kier molecular flexibility index (Phi) is 3.69. The summed E-state index contributed by atoms with van der Waals surface area (Å²) in [5.74, 6) is 2.00. The summed E-state index contributed by atoms with van der Waals surface area (Å²) in [6.07, 6.45) is 6.23. The van der Waals surface area contributed by atoms with E-state index in [4.69, 9.17) is 9.05 Å². The van der Waals surface area contributed by atoms with Gasteiger partial charge in [-0.3, -0.25) is 0 Å². The number of nitrogens with zero attached hydrogens (tertiary/aromatic N) is 3. The van der Waals surface area contributed by atoms with E-state index in [2.05, 4.69) is 15.3 Å². The van der Waals surface area contributed by atoms with Gasteiger partial charge in [0.1, 0.15) is 0 Å². The fraction of sp³-hybridized carbons (Fsp3) is 0.389. The quantitative estimate of drug-likeness (QED) is 0.698. The van der Waals surface area contributed by atoms with Gasteiger partial charge in [0, 0.05) is 17.5 Å². The highest BCUT2D eigenvalue weighted by Gasteiger charge is 2.22. The number of hydrogen-bond acceptors (Lipinski definition) is 5. The molecule has 1 aliphatic rings. The second-order valence-corrected chi connectivity index (χ2v) is 6.24. The zero-order valence-electron chi connectivity index (χ0n) is 13.2. The molecule has 0 atom stereocenters. The van der Waals surface area contributed by atoms with Crippen LogP contribution >= 0.6 is 0 Å². The maximum Gasteiger partial charge on any atom is 0.296 e. The third kappa shape index (κ3) is 2.91. The van der Waals surface area contributed by atoms with E-state index in [1.807, 2.05) is 37.3 Å². The Morgan fingerprint density at radius 3 is 2.52 bits per heavy atom. The minimum absolute atomic E-state index is 0.384. The lowest BCUT2D eigenvalue weighted by Gasteiger charge is -2.18. The molecule has 0 saturated heterocycles. The first-order valence-corrected chi connectivity index (χ1v) is 8.17. The van der Waals surface area contributed by atoms with Crippen LogP contribution in [0.5, 0.6) is 0 Å². The molecule has 0 radical (unpaired) electrons. The van der Waals surface area contributed by atoms with Gasteiger partial charge in [-0.1, -0.05) is 59.4 Å². The first-order valence-electron chi connectivity index (χ1n) is 8.17. The summed E-state index contributed by atoms with van der Waals surface area (Å²) in [7, 11) is 0. The number of rotatable bonds is 3. The fourth-order valence-corrected chi connectivity index (χ4v) is 3.12. The predicted molar refractivity (Wildman–Crippen MR) is 85.8 cm³/mol. The van der Waals surface area contributed by atoms with Crippen LogP contribution in [0.3, 0.4) is 0 Å². The summed E-state index contributed by atoms with van der Waals surface area (Å²) in [6, 6.07) is 9.97. The van der Waals surface area contributed by atoms with Gasteiger partial charge >= 0.3 is 0 Å². The smallest absolute Gasteiger partial charge is 0.296 e. The summed E-state index contributed by atoms with van der Waals surface area (Å²) in [6.45, 7) is 2.05. The summed E-state index contributed by atoms with van der Waals surface area (Å²) in [5, 5.41) is 8.25. The van der Waals surface area contributed by atoms with Crippen LogP contribution in [0.2, 0.25) is 0 Å². The van der Waals surface area contributed by atoms with E-state index in [0.717, 1.165) is 11.3 Å². The van der Waals surface area contributed by atoms with Gasteiger partial charge in [0.05, 0.1) is 5.69 Å².